The minimum atomic E-state index is -1.59. The summed E-state index contributed by atoms with van der Waals surface area (Å²) in [5.41, 5.74) is 6.52. The highest BCUT2D eigenvalue weighted by Gasteiger charge is 2.28. The lowest BCUT2D eigenvalue weighted by Crippen LogP contribution is -2.52. The van der Waals surface area contributed by atoms with E-state index in [1.54, 1.807) is 6.20 Å². The van der Waals surface area contributed by atoms with Crippen LogP contribution in [0.1, 0.15) is 26.0 Å². The highest BCUT2D eigenvalue weighted by Crippen LogP contribution is 2.06. The van der Waals surface area contributed by atoms with Crippen molar-refractivity contribution >= 4 is 13.0 Å². The lowest BCUT2D eigenvalue weighted by atomic mass is 9.75. The van der Waals surface area contributed by atoms with Crippen molar-refractivity contribution in [2.75, 3.05) is 0 Å². The van der Waals surface area contributed by atoms with Crippen molar-refractivity contribution in [2.45, 2.75) is 38.7 Å². The number of amides is 1. The average molecular weight is 268 g/mol. The number of imidazole rings is 1. The molecule has 0 aromatic carbocycles. The van der Waals surface area contributed by atoms with Crippen LogP contribution in [0.25, 0.3) is 0 Å². The molecule has 0 bridgehead atoms. The van der Waals surface area contributed by atoms with Gasteiger partial charge in [-0.15, -0.1) is 0 Å². The molecule has 1 amide bonds. The van der Waals surface area contributed by atoms with Gasteiger partial charge in [0.05, 0.1) is 18.3 Å². The third-order valence-electron chi connectivity index (χ3n) is 2.74. The normalized spacial score (nSPS) is 14.2. The lowest BCUT2D eigenvalue weighted by Gasteiger charge is -2.21. The topological polar surface area (TPSA) is 124 Å². The fourth-order valence-electron chi connectivity index (χ4n) is 1.78. The van der Waals surface area contributed by atoms with Gasteiger partial charge in [0.25, 0.3) is 0 Å². The van der Waals surface area contributed by atoms with Gasteiger partial charge in [-0.25, -0.2) is 4.98 Å². The molecule has 0 unspecified atom stereocenters. The van der Waals surface area contributed by atoms with Crippen LogP contribution in [0.4, 0.5) is 0 Å². The molecule has 1 aromatic heterocycles. The molecule has 6 N–H and O–H groups in total. The molecule has 2 atom stereocenters. The van der Waals surface area contributed by atoms with E-state index in [-0.39, 0.29) is 5.92 Å². The smallest absolute Gasteiger partial charge is 0.426 e. The number of aromatic nitrogens is 2. The molecule has 0 saturated heterocycles. The van der Waals surface area contributed by atoms with Crippen LogP contribution in [0.3, 0.4) is 0 Å². The Balaban J connectivity index is 2.51. The Bertz CT molecular complexity index is 383. The largest absolute Gasteiger partial charge is 0.475 e. The van der Waals surface area contributed by atoms with Crippen molar-refractivity contribution in [3.05, 3.63) is 18.2 Å². The van der Waals surface area contributed by atoms with E-state index in [0.29, 0.717) is 12.8 Å². The number of aromatic amines is 1. The Hall–Kier alpha value is -1.38. The third-order valence-corrected chi connectivity index (χ3v) is 2.74. The number of nitrogens with zero attached hydrogens (tertiary/aromatic N) is 1. The summed E-state index contributed by atoms with van der Waals surface area (Å²) in [7, 11) is -1.59. The molecule has 0 spiro atoms. The van der Waals surface area contributed by atoms with Crippen molar-refractivity contribution in [3.8, 4) is 0 Å². The highest BCUT2D eigenvalue weighted by molar-refractivity contribution is 6.43. The zero-order valence-corrected chi connectivity index (χ0v) is 11.2. The van der Waals surface area contributed by atoms with E-state index in [4.69, 9.17) is 5.73 Å². The number of nitrogens with two attached hydrogens (primary N) is 1. The van der Waals surface area contributed by atoms with Crippen LogP contribution in [0.2, 0.25) is 0 Å². The van der Waals surface area contributed by atoms with Gasteiger partial charge >= 0.3 is 7.12 Å². The van der Waals surface area contributed by atoms with Gasteiger partial charge < -0.3 is 26.1 Å². The van der Waals surface area contributed by atoms with Crippen LogP contribution >= 0.6 is 0 Å². The molecule has 8 heteroatoms. The minimum Gasteiger partial charge on any atom is -0.426 e. The Labute approximate surface area is 112 Å². The number of H-pyrrole nitrogens is 1. The summed E-state index contributed by atoms with van der Waals surface area (Å²) in [6.45, 7) is 3.87. The molecule has 0 aliphatic heterocycles. The number of hydrogen-bond donors (Lipinski definition) is 5. The fourth-order valence-corrected chi connectivity index (χ4v) is 1.78. The van der Waals surface area contributed by atoms with Crippen LogP contribution in [0, 0.1) is 5.92 Å². The maximum Gasteiger partial charge on any atom is 0.475 e. The number of rotatable bonds is 7. The Kier molecular flexibility index (Phi) is 6.00. The summed E-state index contributed by atoms with van der Waals surface area (Å²) in [4.78, 5) is 18.6. The molecule has 0 aliphatic rings. The molecular formula is C11H21BN4O3. The van der Waals surface area contributed by atoms with E-state index in [2.05, 4.69) is 15.3 Å². The van der Waals surface area contributed by atoms with Crippen LogP contribution < -0.4 is 11.1 Å². The van der Waals surface area contributed by atoms with E-state index in [1.807, 2.05) is 13.8 Å². The number of hydrogen-bond acceptors (Lipinski definition) is 5. The standard InChI is InChI=1S/C11H21BN4O3/c1-7(2)3-10(12(18)19)16-11(17)9(13)4-8-5-14-6-15-8/h5-7,9-10,18-19H,3-4,13H2,1-2H3,(H,14,15)(H,16,17)/t9-,10-/m0/s1. The molecule has 0 saturated carbocycles. The predicted octanol–water partition coefficient (Wildman–Crippen LogP) is -1.18. The average Bonchev–Trinajstić information content (AvgIpc) is 2.79. The maximum atomic E-state index is 11.9. The molecule has 0 radical (unpaired) electrons. The van der Waals surface area contributed by atoms with Crippen LogP contribution in [-0.4, -0.2) is 45.0 Å². The highest BCUT2D eigenvalue weighted by atomic mass is 16.4. The van der Waals surface area contributed by atoms with Gasteiger partial charge in [-0.2, -0.15) is 0 Å². The first-order valence-electron chi connectivity index (χ1n) is 6.29. The van der Waals surface area contributed by atoms with Crippen molar-refractivity contribution in [1.82, 2.24) is 15.3 Å². The summed E-state index contributed by atoms with van der Waals surface area (Å²) in [5.74, 6) is -0.885. The number of nitrogens with one attached hydrogen (secondary N) is 2. The molecular weight excluding hydrogens is 247 g/mol. The van der Waals surface area contributed by atoms with Crippen molar-refractivity contribution < 1.29 is 14.8 Å². The second-order valence-corrected chi connectivity index (χ2v) is 5.05. The van der Waals surface area contributed by atoms with E-state index >= 15 is 0 Å². The van der Waals surface area contributed by atoms with Crippen molar-refractivity contribution in [3.63, 3.8) is 0 Å². The summed E-state index contributed by atoms with van der Waals surface area (Å²) < 4.78 is 0. The van der Waals surface area contributed by atoms with Gasteiger partial charge in [0.2, 0.25) is 5.91 Å². The van der Waals surface area contributed by atoms with Gasteiger partial charge in [-0.1, -0.05) is 13.8 Å². The molecule has 106 valence electrons. The molecule has 0 aliphatic carbocycles. The number of carbonyl (C=O) groups excluding carboxylic acids is 1. The zero-order chi connectivity index (χ0) is 14.4. The lowest BCUT2D eigenvalue weighted by molar-refractivity contribution is -0.122. The first-order valence-corrected chi connectivity index (χ1v) is 6.29. The summed E-state index contributed by atoms with van der Waals surface area (Å²) in [6.07, 6.45) is 3.90. The van der Waals surface area contributed by atoms with Crippen LogP contribution in [-0.2, 0) is 11.2 Å². The van der Waals surface area contributed by atoms with Gasteiger partial charge in [-0.05, 0) is 12.3 Å². The fraction of sp³-hybridized carbons (Fsp3) is 0.636. The second kappa shape index (κ2) is 7.27. The molecule has 7 nitrogen and oxygen atoms in total. The van der Waals surface area contributed by atoms with E-state index in [0.717, 1.165) is 5.69 Å². The predicted molar refractivity (Wildman–Crippen MR) is 71.8 cm³/mol. The maximum absolute atomic E-state index is 11.9. The van der Waals surface area contributed by atoms with Crippen LogP contribution in [0.15, 0.2) is 12.5 Å². The Morgan fingerprint density at radius 1 is 1.58 bits per heavy atom. The van der Waals surface area contributed by atoms with E-state index in [9.17, 15) is 14.8 Å². The quantitative estimate of drug-likeness (QED) is 0.398. The first kappa shape index (κ1) is 15.7. The van der Waals surface area contributed by atoms with Gasteiger partial charge in [0.1, 0.15) is 0 Å². The monoisotopic (exact) mass is 268 g/mol. The summed E-state index contributed by atoms with van der Waals surface area (Å²) in [5, 5.41) is 21.0. The summed E-state index contributed by atoms with van der Waals surface area (Å²) in [6, 6.07) is -0.756. The van der Waals surface area contributed by atoms with E-state index in [1.165, 1.54) is 6.33 Å². The molecule has 1 rings (SSSR count). The second-order valence-electron chi connectivity index (χ2n) is 5.05. The molecule has 0 fully saturated rings. The third kappa shape index (κ3) is 5.42. The van der Waals surface area contributed by atoms with Crippen molar-refractivity contribution in [2.24, 2.45) is 11.7 Å². The molecule has 19 heavy (non-hydrogen) atoms. The van der Waals surface area contributed by atoms with Gasteiger partial charge in [-0.3, -0.25) is 4.79 Å². The van der Waals surface area contributed by atoms with Gasteiger partial charge in [0, 0.05) is 18.3 Å². The van der Waals surface area contributed by atoms with E-state index < -0.39 is 25.0 Å². The number of carbonyl (C=O) groups is 1. The molecule has 1 heterocycles. The first-order chi connectivity index (χ1) is 8.90. The van der Waals surface area contributed by atoms with Crippen LogP contribution in [0.5, 0.6) is 0 Å². The molecule has 1 aromatic rings. The van der Waals surface area contributed by atoms with Crippen molar-refractivity contribution in [1.29, 1.82) is 0 Å². The minimum absolute atomic E-state index is 0.232. The SMILES string of the molecule is CC(C)C[C@H](NC(=O)[C@@H](N)Cc1cnc[nH]1)B(O)O. The summed E-state index contributed by atoms with van der Waals surface area (Å²) >= 11 is 0. The zero-order valence-electron chi connectivity index (χ0n) is 11.2. The van der Waals surface area contributed by atoms with Gasteiger partial charge in [0.15, 0.2) is 0 Å². The Morgan fingerprint density at radius 2 is 2.26 bits per heavy atom. The Morgan fingerprint density at radius 3 is 2.74 bits per heavy atom.